The molecule has 0 atom stereocenters. The van der Waals surface area contributed by atoms with Gasteiger partial charge in [0.2, 0.25) is 17.7 Å². The first-order valence-corrected chi connectivity index (χ1v) is 8.78. The number of hydrogen-bond acceptors (Lipinski definition) is 6. The van der Waals surface area contributed by atoms with Crippen LogP contribution in [0, 0.1) is 5.82 Å². The fourth-order valence-electron chi connectivity index (χ4n) is 2.63. The Labute approximate surface area is 172 Å². The van der Waals surface area contributed by atoms with Gasteiger partial charge < -0.3 is 15.4 Å². The van der Waals surface area contributed by atoms with Crippen molar-refractivity contribution < 1.29 is 22.7 Å². The average Bonchev–Trinajstić information content (AvgIpc) is 3.40. The summed E-state index contributed by atoms with van der Waals surface area (Å²) >= 11 is 0. The summed E-state index contributed by atoms with van der Waals surface area (Å²) in [5, 5.41) is 13.0. The summed E-state index contributed by atoms with van der Waals surface area (Å²) in [6.45, 7) is 0.564. The van der Waals surface area contributed by atoms with Gasteiger partial charge in [0.15, 0.2) is 11.6 Å². The molecule has 0 saturated heterocycles. The highest BCUT2D eigenvalue weighted by atomic mass is 19.3. The maximum atomic E-state index is 14.3. The number of aromatic nitrogens is 5. The number of amides is 1. The van der Waals surface area contributed by atoms with Crippen LogP contribution in [0.3, 0.4) is 0 Å². The summed E-state index contributed by atoms with van der Waals surface area (Å²) < 4.78 is 47.3. The second-order valence-electron chi connectivity index (χ2n) is 6.13. The van der Waals surface area contributed by atoms with Crippen LogP contribution in [0.2, 0.25) is 0 Å². The number of alkyl halides is 2. The SMILES string of the molecule is C=CC(=O)Nc1ccc(F)c(Oc2nc(Nc3cnn(C(F)F)c3)nn3cccc23)c1. The first-order chi connectivity index (χ1) is 14.9. The van der Waals surface area contributed by atoms with Crippen molar-refractivity contribution in [1.82, 2.24) is 24.4 Å². The highest BCUT2D eigenvalue weighted by molar-refractivity contribution is 5.98. The van der Waals surface area contributed by atoms with Gasteiger partial charge in [-0.3, -0.25) is 4.79 Å². The van der Waals surface area contributed by atoms with Gasteiger partial charge in [-0.2, -0.15) is 18.9 Å². The molecule has 0 spiro atoms. The number of halogens is 3. The number of nitrogens with zero attached hydrogens (tertiary/aromatic N) is 5. The number of fused-ring (bicyclic) bond motifs is 1. The van der Waals surface area contributed by atoms with Crippen molar-refractivity contribution in [3.05, 3.63) is 67.4 Å². The maximum Gasteiger partial charge on any atom is 0.333 e. The highest BCUT2D eigenvalue weighted by Gasteiger charge is 2.15. The Bertz CT molecular complexity index is 1270. The molecule has 4 rings (SSSR count). The van der Waals surface area contributed by atoms with E-state index in [1.165, 1.54) is 22.8 Å². The van der Waals surface area contributed by atoms with Crippen molar-refractivity contribution in [1.29, 1.82) is 0 Å². The van der Waals surface area contributed by atoms with Gasteiger partial charge in [-0.1, -0.05) is 6.58 Å². The van der Waals surface area contributed by atoms with Crippen LogP contribution >= 0.6 is 0 Å². The van der Waals surface area contributed by atoms with Crippen LogP contribution in [0.1, 0.15) is 6.55 Å². The van der Waals surface area contributed by atoms with Crippen LogP contribution in [0.5, 0.6) is 11.6 Å². The van der Waals surface area contributed by atoms with E-state index in [1.807, 2.05) is 0 Å². The third-order valence-corrected chi connectivity index (χ3v) is 4.01. The lowest BCUT2D eigenvalue weighted by Gasteiger charge is -2.11. The molecule has 9 nitrogen and oxygen atoms in total. The minimum absolute atomic E-state index is 0.00374. The Hall–Kier alpha value is -4.35. The lowest BCUT2D eigenvalue weighted by Crippen LogP contribution is -2.08. The molecule has 0 saturated carbocycles. The van der Waals surface area contributed by atoms with E-state index in [4.69, 9.17) is 4.74 Å². The summed E-state index contributed by atoms with van der Waals surface area (Å²) in [5.74, 6) is -1.35. The van der Waals surface area contributed by atoms with E-state index < -0.39 is 18.3 Å². The maximum absolute atomic E-state index is 14.3. The van der Waals surface area contributed by atoms with Gasteiger partial charge in [0, 0.05) is 18.0 Å². The fraction of sp³-hybridized carbons (Fsp3) is 0.0526. The fourth-order valence-corrected chi connectivity index (χ4v) is 2.63. The monoisotopic (exact) mass is 429 g/mol. The predicted octanol–water partition coefficient (Wildman–Crippen LogP) is 4.12. The molecule has 1 amide bonds. The van der Waals surface area contributed by atoms with Crippen molar-refractivity contribution in [3.63, 3.8) is 0 Å². The number of rotatable bonds is 7. The number of carbonyl (C=O) groups excluding carboxylic acids is 1. The molecule has 31 heavy (non-hydrogen) atoms. The summed E-state index contributed by atoms with van der Waals surface area (Å²) in [7, 11) is 0. The van der Waals surface area contributed by atoms with Crippen molar-refractivity contribution in [3.8, 4) is 11.6 Å². The zero-order chi connectivity index (χ0) is 22.0. The van der Waals surface area contributed by atoms with E-state index in [9.17, 15) is 18.0 Å². The lowest BCUT2D eigenvalue weighted by atomic mass is 10.3. The molecule has 0 unspecified atom stereocenters. The summed E-state index contributed by atoms with van der Waals surface area (Å²) in [6, 6.07) is 7.10. The van der Waals surface area contributed by atoms with Gasteiger partial charge in [0.05, 0.1) is 18.1 Å². The molecule has 3 heterocycles. The number of hydrogen-bond donors (Lipinski definition) is 2. The number of nitrogens with one attached hydrogen (secondary N) is 2. The standard InChI is InChI=1S/C19H14F3N7O2/c1-2-16(30)24-11-5-6-13(20)15(8-11)31-17-14-4-3-7-28(14)27-19(26-17)25-12-9-23-29(10-12)18(21)22/h2-10,18H,1H2,(H,24,30)(H,25,27). The van der Waals surface area contributed by atoms with Crippen molar-refractivity contribution in [2.75, 3.05) is 10.6 Å². The van der Waals surface area contributed by atoms with Crippen LogP contribution in [0.15, 0.2) is 61.6 Å². The topological polar surface area (TPSA) is 98.4 Å². The molecule has 1 aromatic carbocycles. The molecule has 0 bridgehead atoms. The van der Waals surface area contributed by atoms with Crippen LogP contribution < -0.4 is 15.4 Å². The molecule has 0 aliphatic carbocycles. The van der Waals surface area contributed by atoms with Crippen LogP contribution in [-0.2, 0) is 4.79 Å². The molecular formula is C19H14F3N7O2. The van der Waals surface area contributed by atoms with Crippen molar-refractivity contribution >= 4 is 28.7 Å². The average molecular weight is 429 g/mol. The zero-order valence-corrected chi connectivity index (χ0v) is 15.7. The molecule has 12 heteroatoms. The Morgan fingerprint density at radius 1 is 1.26 bits per heavy atom. The number of anilines is 3. The summed E-state index contributed by atoms with van der Waals surface area (Å²) in [4.78, 5) is 15.7. The zero-order valence-electron chi connectivity index (χ0n) is 15.7. The molecule has 0 aliphatic rings. The Morgan fingerprint density at radius 2 is 2.10 bits per heavy atom. The third kappa shape index (κ3) is 4.32. The Kier molecular flexibility index (Phi) is 5.26. The quantitative estimate of drug-likeness (QED) is 0.429. The van der Waals surface area contributed by atoms with Gasteiger partial charge in [0.25, 0.3) is 0 Å². The number of carbonyl (C=O) groups is 1. The predicted molar refractivity (Wildman–Crippen MR) is 105 cm³/mol. The molecule has 4 aromatic rings. The van der Waals surface area contributed by atoms with Gasteiger partial charge in [-0.25, -0.2) is 13.6 Å². The molecule has 0 fully saturated rings. The van der Waals surface area contributed by atoms with Gasteiger partial charge >= 0.3 is 6.55 Å². The Balaban J connectivity index is 1.66. The van der Waals surface area contributed by atoms with Crippen LogP contribution in [0.25, 0.3) is 5.52 Å². The second kappa shape index (κ2) is 8.18. The van der Waals surface area contributed by atoms with Gasteiger partial charge in [-0.05, 0) is 30.3 Å². The van der Waals surface area contributed by atoms with Crippen molar-refractivity contribution in [2.24, 2.45) is 0 Å². The first-order valence-electron chi connectivity index (χ1n) is 8.78. The largest absolute Gasteiger partial charge is 0.434 e. The molecular weight excluding hydrogens is 415 g/mol. The lowest BCUT2D eigenvalue weighted by molar-refractivity contribution is -0.111. The van der Waals surface area contributed by atoms with E-state index in [-0.39, 0.29) is 23.3 Å². The van der Waals surface area contributed by atoms with E-state index in [0.717, 1.165) is 18.3 Å². The van der Waals surface area contributed by atoms with E-state index >= 15 is 0 Å². The van der Waals surface area contributed by atoms with Crippen LogP contribution in [-0.4, -0.2) is 30.3 Å². The van der Waals surface area contributed by atoms with E-state index in [1.54, 1.807) is 18.3 Å². The number of benzene rings is 1. The molecule has 0 radical (unpaired) electrons. The smallest absolute Gasteiger partial charge is 0.333 e. The van der Waals surface area contributed by atoms with Gasteiger partial charge in [0.1, 0.15) is 5.52 Å². The summed E-state index contributed by atoms with van der Waals surface area (Å²) in [6.07, 6.45) is 4.95. The molecule has 3 aromatic heterocycles. The van der Waals surface area contributed by atoms with E-state index in [2.05, 4.69) is 32.4 Å². The van der Waals surface area contributed by atoms with Gasteiger partial charge in [-0.15, -0.1) is 5.10 Å². The minimum Gasteiger partial charge on any atom is -0.434 e. The molecule has 2 N–H and O–H groups in total. The van der Waals surface area contributed by atoms with Crippen molar-refractivity contribution in [2.45, 2.75) is 6.55 Å². The Morgan fingerprint density at radius 3 is 2.84 bits per heavy atom. The number of ether oxygens (including phenoxy) is 1. The minimum atomic E-state index is -2.79. The molecule has 0 aliphatic heterocycles. The normalized spacial score (nSPS) is 11.0. The first kappa shape index (κ1) is 19.9. The van der Waals surface area contributed by atoms with E-state index in [0.29, 0.717) is 15.9 Å². The third-order valence-electron chi connectivity index (χ3n) is 4.01. The van der Waals surface area contributed by atoms with Crippen LogP contribution in [0.4, 0.5) is 30.5 Å². The highest BCUT2D eigenvalue weighted by Crippen LogP contribution is 2.30. The summed E-state index contributed by atoms with van der Waals surface area (Å²) in [5.41, 5.74) is 0.936. The molecule has 158 valence electrons. The second-order valence-corrected chi connectivity index (χ2v) is 6.13.